The number of carbonyl (C=O) groups is 2. The van der Waals surface area contributed by atoms with Gasteiger partial charge in [-0.25, -0.2) is 4.39 Å². The van der Waals surface area contributed by atoms with E-state index in [1.807, 2.05) is 24.3 Å². The second kappa shape index (κ2) is 5.74. The summed E-state index contributed by atoms with van der Waals surface area (Å²) in [5, 5.41) is 0. The van der Waals surface area contributed by atoms with Crippen molar-refractivity contribution in [1.29, 1.82) is 0 Å². The van der Waals surface area contributed by atoms with Crippen molar-refractivity contribution in [1.82, 2.24) is 0 Å². The summed E-state index contributed by atoms with van der Waals surface area (Å²) in [6.07, 6.45) is -0.00446. The number of ether oxygens (including phenoxy) is 2. The number of rotatable bonds is 2. The van der Waals surface area contributed by atoms with Crippen molar-refractivity contribution < 1.29 is 23.5 Å². The van der Waals surface area contributed by atoms with E-state index in [0.29, 0.717) is 11.1 Å². The summed E-state index contributed by atoms with van der Waals surface area (Å²) in [5.74, 6) is -2.27. The van der Waals surface area contributed by atoms with Crippen molar-refractivity contribution in [3.63, 3.8) is 0 Å². The topological polar surface area (TPSA) is 52.6 Å². The van der Waals surface area contributed by atoms with Gasteiger partial charge < -0.3 is 9.47 Å². The molecule has 1 aliphatic carbocycles. The molecule has 0 unspecified atom stereocenters. The number of esters is 2. The number of carbonyl (C=O) groups excluding carboxylic acids is 2. The van der Waals surface area contributed by atoms with Crippen LogP contribution < -0.4 is 0 Å². The van der Waals surface area contributed by atoms with Gasteiger partial charge in [0.1, 0.15) is 5.82 Å². The molecule has 0 spiro atoms. The molecule has 0 bridgehead atoms. The Morgan fingerprint density at radius 3 is 2.29 bits per heavy atom. The Balaban J connectivity index is 2.44. The molecular weight excluding hydrogens is 311 g/mol. The van der Waals surface area contributed by atoms with Crippen molar-refractivity contribution >= 4 is 11.9 Å². The maximum absolute atomic E-state index is 14.9. The maximum atomic E-state index is 14.9. The zero-order valence-electron chi connectivity index (χ0n) is 13.7. The van der Waals surface area contributed by atoms with Gasteiger partial charge in [0.2, 0.25) is 0 Å². The predicted octanol–water partition coefficient (Wildman–Crippen LogP) is 2.94. The third kappa shape index (κ3) is 2.12. The summed E-state index contributed by atoms with van der Waals surface area (Å²) in [5.41, 5.74) is 0.969. The largest absolute Gasteiger partial charge is 0.468 e. The fourth-order valence-corrected chi connectivity index (χ4v) is 3.48. The van der Waals surface area contributed by atoms with Gasteiger partial charge in [0, 0.05) is 12.0 Å². The Morgan fingerprint density at radius 2 is 1.67 bits per heavy atom. The van der Waals surface area contributed by atoms with Crippen molar-refractivity contribution in [2.45, 2.75) is 18.8 Å². The van der Waals surface area contributed by atoms with Gasteiger partial charge in [0.05, 0.1) is 14.2 Å². The highest BCUT2D eigenvalue weighted by Gasteiger charge is 2.55. The molecule has 0 amide bonds. The summed E-state index contributed by atoms with van der Waals surface area (Å²) in [7, 11) is 2.36. The first-order valence-electron chi connectivity index (χ1n) is 7.51. The van der Waals surface area contributed by atoms with E-state index in [2.05, 4.69) is 0 Å². The monoisotopic (exact) mass is 328 g/mol. The number of hydrogen-bond acceptors (Lipinski definition) is 4. The summed E-state index contributed by atoms with van der Waals surface area (Å²) < 4.78 is 24.6. The Hall–Kier alpha value is -2.69. The first-order chi connectivity index (χ1) is 11.5. The average molecular weight is 328 g/mol. The van der Waals surface area contributed by atoms with Gasteiger partial charge in [-0.1, -0.05) is 30.3 Å². The molecular formula is C19H17FO4. The molecule has 4 nitrogen and oxygen atoms in total. The molecule has 0 radical (unpaired) electrons. The summed E-state index contributed by atoms with van der Waals surface area (Å²) >= 11 is 0. The fourth-order valence-electron chi connectivity index (χ4n) is 3.48. The zero-order valence-corrected chi connectivity index (χ0v) is 13.7. The molecule has 3 rings (SSSR count). The molecule has 0 saturated heterocycles. The van der Waals surface area contributed by atoms with Gasteiger partial charge in [-0.15, -0.1) is 0 Å². The highest BCUT2D eigenvalue weighted by molar-refractivity contribution is 6.09. The number of hydrogen-bond donors (Lipinski definition) is 0. The molecule has 2 aromatic carbocycles. The summed E-state index contributed by atoms with van der Waals surface area (Å²) in [4.78, 5) is 25.2. The lowest BCUT2D eigenvalue weighted by molar-refractivity contribution is -0.162. The second-order valence-corrected chi connectivity index (χ2v) is 5.89. The molecule has 2 aromatic rings. The van der Waals surface area contributed by atoms with Crippen molar-refractivity contribution in [2.75, 3.05) is 14.2 Å². The number of halogens is 1. The van der Waals surface area contributed by atoms with Crippen LogP contribution in [0.25, 0.3) is 11.1 Å². The third-order valence-electron chi connectivity index (χ3n) is 4.49. The molecule has 0 aromatic heterocycles. The fraction of sp³-hybridized carbons (Fsp3) is 0.263. The van der Waals surface area contributed by atoms with Gasteiger partial charge in [-0.2, -0.15) is 0 Å². The zero-order chi connectivity index (χ0) is 17.5. The second-order valence-electron chi connectivity index (χ2n) is 5.89. The van der Waals surface area contributed by atoms with Crippen LogP contribution in [-0.2, 0) is 30.9 Å². The number of methoxy groups -OCH3 is 2. The standard InChI is InChI=1S/C19H17FO4/c1-11-8-14-13-7-5-4-6-12(13)10-19(17(21)23-2,18(22)24-3)16(14)15(20)9-11/h4-9H,10H2,1-3H3. The molecule has 0 fully saturated rings. The molecule has 1 aliphatic rings. The van der Waals surface area contributed by atoms with Gasteiger partial charge >= 0.3 is 11.9 Å². The molecule has 0 N–H and O–H groups in total. The minimum atomic E-state index is -1.84. The lowest BCUT2D eigenvalue weighted by Crippen LogP contribution is -2.49. The van der Waals surface area contributed by atoms with Gasteiger partial charge in [0.25, 0.3) is 0 Å². The van der Waals surface area contributed by atoms with E-state index in [1.54, 1.807) is 13.0 Å². The first kappa shape index (κ1) is 16.2. The van der Waals surface area contributed by atoms with Gasteiger partial charge in [-0.3, -0.25) is 9.59 Å². The van der Waals surface area contributed by atoms with Crippen LogP contribution >= 0.6 is 0 Å². The van der Waals surface area contributed by atoms with E-state index in [4.69, 9.17) is 9.47 Å². The number of fused-ring (bicyclic) bond motifs is 3. The van der Waals surface area contributed by atoms with E-state index < -0.39 is 23.2 Å². The lowest BCUT2D eigenvalue weighted by Gasteiger charge is -2.35. The lowest BCUT2D eigenvalue weighted by atomic mass is 9.67. The molecule has 124 valence electrons. The van der Waals surface area contributed by atoms with Crippen LogP contribution in [0.4, 0.5) is 4.39 Å². The Kier molecular flexibility index (Phi) is 3.87. The molecule has 24 heavy (non-hydrogen) atoms. The molecule has 0 aliphatic heterocycles. The van der Waals surface area contributed by atoms with Crippen molar-refractivity contribution in [3.05, 3.63) is 58.9 Å². The van der Waals surface area contributed by atoms with E-state index in [9.17, 15) is 14.0 Å². The SMILES string of the molecule is COC(=O)C1(C(=O)OC)Cc2ccccc2-c2cc(C)cc(F)c21. The quantitative estimate of drug-likeness (QED) is 0.628. The minimum absolute atomic E-state index is 0.00446. The van der Waals surface area contributed by atoms with E-state index in [1.165, 1.54) is 20.3 Å². The van der Waals surface area contributed by atoms with E-state index >= 15 is 0 Å². The Bertz CT molecular complexity index is 825. The Morgan fingerprint density at radius 1 is 1.04 bits per heavy atom. The van der Waals surface area contributed by atoms with Gasteiger partial charge in [0.15, 0.2) is 5.41 Å². The molecule has 5 heteroatoms. The first-order valence-corrected chi connectivity index (χ1v) is 7.51. The molecule has 0 atom stereocenters. The summed E-state index contributed by atoms with van der Waals surface area (Å²) in [6.45, 7) is 1.76. The van der Waals surface area contributed by atoms with Crippen LogP contribution in [0, 0.1) is 12.7 Å². The highest BCUT2D eigenvalue weighted by atomic mass is 19.1. The smallest absolute Gasteiger partial charge is 0.328 e. The van der Waals surface area contributed by atoms with E-state index in [-0.39, 0.29) is 12.0 Å². The van der Waals surface area contributed by atoms with Crippen molar-refractivity contribution in [3.8, 4) is 11.1 Å². The third-order valence-corrected chi connectivity index (χ3v) is 4.49. The normalized spacial score (nSPS) is 14.3. The van der Waals surface area contributed by atoms with Crippen LogP contribution in [0.5, 0.6) is 0 Å². The molecule has 0 saturated carbocycles. The summed E-state index contributed by atoms with van der Waals surface area (Å²) in [6, 6.07) is 10.4. The van der Waals surface area contributed by atoms with Crippen LogP contribution in [-0.4, -0.2) is 26.2 Å². The van der Waals surface area contributed by atoms with Crippen LogP contribution in [0.1, 0.15) is 16.7 Å². The highest BCUT2D eigenvalue weighted by Crippen LogP contribution is 2.46. The number of aryl methyl sites for hydroxylation is 1. The van der Waals surface area contributed by atoms with Crippen LogP contribution in [0.2, 0.25) is 0 Å². The number of benzene rings is 2. The predicted molar refractivity (Wildman–Crippen MR) is 86.0 cm³/mol. The van der Waals surface area contributed by atoms with Crippen molar-refractivity contribution in [2.24, 2.45) is 0 Å². The maximum Gasteiger partial charge on any atom is 0.328 e. The Labute approximate surface area is 139 Å². The van der Waals surface area contributed by atoms with E-state index in [0.717, 1.165) is 11.1 Å². The molecule has 0 heterocycles. The minimum Gasteiger partial charge on any atom is -0.468 e. The van der Waals surface area contributed by atoms with Crippen LogP contribution in [0.3, 0.4) is 0 Å². The van der Waals surface area contributed by atoms with Gasteiger partial charge in [-0.05, 0) is 35.2 Å². The average Bonchev–Trinajstić information content (AvgIpc) is 2.59. The van der Waals surface area contributed by atoms with Crippen LogP contribution in [0.15, 0.2) is 36.4 Å².